The summed E-state index contributed by atoms with van der Waals surface area (Å²) < 4.78 is 7.42. The Balaban J connectivity index is 1.99. The van der Waals surface area contributed by atoms with Crippen molar-refractivity contribution in [2.75, 3.05) is 0 Å². The Labute approximate surface area is 89.0 Å². The van der Waals surface area contributed by atoms with Gasteiger partial charge in [-0.05, 0) is 25.7 Å². The summed E-state index contributed by atoms with van der Waals surface area (Å²) in [6, 6.07) is 0. The molecule has 78 valence electrons. The van der Waals surface area contributed by atoms with Crippen LogP contribution in [-0.4, -0.2) is 15.9 Å². The molecule has 3 nitrogen and oxygen atoms in total. The summed E-state index contributed by atoms with van der Waals surface area (Å²) in [7, 11) is 1.82. The van der Waals surface area contributed by atoms with E-state index in [2.05, 4.69) is 5.10 Å². The number of hydrogen-bond donors (Lipinski definition) is 0. The van der Waals surface area contributed by atoms with E-state index in [1.54, 1.807) is 10.9 Å². The van der Waals surface area contributed by atoms with Gasteiger partial charge in [0.1, 0.15) is 0 Å². The number of aromatic nitrogens is 2. The Morgan fingerprint density at radius 2 is 2.14 bits per heavy atom. The van der Waals surface area contributed by atoms with Crippen molar-refractivity contribution in [2.24, 2.45) is 7.05 Å². The van der Waals surface area contributed by atoms with E-state index >= 15 is 0 Å². The molecule has 1 aromatic heterocycles. The van der Waals surface area contributed by atoms with Gasteiger partial charge in [-0.1, -0.05) is 18.0 Å². The zero-order chi connectivity index (χ0) is 9.97. The highest BCUT2D eigenvalue weighted by Crippen LogP contribution is 2.28. The van der Waals surface area contributed by atoms with Crippen molar-refractivity contribution in [1.82, 2.24) is 9.78 Å². The normalized spacial score (nSPS) is 18.4. The Morgan fingerprint density at radius 1 is 1.43 bits per heavy atom. The molecule has 0 aliphatic heterocycles. The highest BCUT2D eigenvalue weighted by Gasteiger charge is 2.17. The molecule has 0 bridgehead atoms. The predicted molar refractivity (Wildman–Crippen MR) is 55.7 cm³/mol. The van der Waals surface area contributed by atoms with Gasteiger partial charge >= 0.3 is 0 Å². The van der Waals surface area contributed by atoms with Gasteiger partial charge in [-0.25, -0.2) is 0 Å². The van der Waals surface area contributed by atoms with Crippen LogP contribution >= 0.6 is 11.6 Å². The van der Waals surface area contributed by atoms with Crippen molar-refractivity contribution in [3.8, 4) is 5.75 Å². The smallest absolute Gasteiger partial charge is 0.176 e. The van der Waals surface area contributed by atoms with E-state index < -0.39 is 0 Å². The molecule has 1 aliphatic carbocycles. The Kier molecular flexibility index (Phi) is 2.96. The number of rotatable bonds is 2. The van der Waals surface area contributed by atoms with E-state index in [9.17, 15) is 0 Å². The van der Waals surface area contributed by atoms with Crippen LogP contribution in [0.2, 0.25) is 5.15 Å². The number of nitrogens with zero attached hydrogens (tertiary/aromatic N) is 2. The maximum Gasteiger partial charge on any atom is 0.176 e. The largest absolute Gasteiger partial charge is 0.486 e. The fraction of sp³-hybridized carbons (Fsp3) is 0.700. The molecule has 1 saturated carbocycles. The van der Waals surface area contributed by atoms with E-state index in [1.165, 1.54) is 19.3 Å². The van der Waals surface area contributed by atoms with Crippen molar-refractivity contribution >= 4 is 11.6 Å². The number of halogens is 1. The Hall–Kier alpha value is -0.700. The molecule has 1 fully saturated rings. The molecule has 1 aliphatic rings. The SMILES string of the molecule is Cn1ncc(OC2CCCCC2)c1Cl. The van der Waals surface area contributed by atoms with Crippen LogP contribution in [0.25, 0.3) is 0 Å². The number of aryl methyl sites for hydroxylation is 1. The molecule has 14 heavy (non-hydrogen) atoms. The minimum Gasteiger partial charge on any atom is -0.486 e. The van der Waals surface area contributed by atoms with Crippen molar-refractivity contribution in [1.29, 1.82) is 0 Å². The van der Waals surface area contributed by atoms with Crippen molar-refractivity contribution in [3.05, 3.63) is 11.3 Å². The first kappa shape index (κ1) is 9.84. The van der Waals surface area contributed by atoms with Gasteiger partial charge in [-0.2, -0.15) is 5.10 Å². The van der Waals surface area contributed by atoms with Gasteiger partial charge < -0.3 is 4.74 Å². The zero-order valence-corrected chi connectivity index (χ0v) is 9.13. The van der Waals surface area contributed by atoms with E-state index in [0.717, 1.165) is 18.6 Å². The van der Waals surface area contributed by atoms with Gasteiger partial charge in [-0.15, -0.1) is 0 Å². The first-order chi connectivity index (χ1) is 6.77. The lowest BCUT2D eigenvalue weighted by Gasteiger charge is -2.22. The molecule has 1 aromatic rings. The Bertz CT molecular complexity index is 305. The second-order valence-corrected chi connectivity index (χ2v) is 4.16. The molecule has 1 heterocycles. The van der Waals surface area contributed by atoms with Gasteiger partial charge in [0.15, 0.2) is 10.9 Å². The van der Waals surface area contributed by atoms with Gasteiger partial charge in [0.05, 0.1) is 12.3 Å². The molecule has 0 amide bonds. The quantitative estimate of drug-likeness (QED) is 0.757. The summed E-state index contributed by atoms with van der Waals surface area (Å²) >= 11 is 6.00. The monoisotopic (exact) mass is 214 g/mol. The first-order valence-corrected chi connectivity index (χ1v) is 5.49. The van der Waals surface area contributed by atoms with Crippen LogP contribution < -0.4 is 4.74 Å². The predicted octanol–water partition coefficient (Wildman–Crippen LogP) is 2.79. The lowest BCUT2D eigenvalue weighted by molar-refractivity contribution is 0.155. The second kappa shape index (κ2) is 4.22. The molecule has 0 spiro atoms. The average molecular weight is 215 g/mol. The van der Waals surface area contributed by atoms with Gasteiger partial charge in [0.2, 0.25) is 0 Å². The summed E-state index contributed by atoms with van der Waals surface area (Å²) in [5.74, 6) is 0.723. The van der Waals surface area contributed by atoms with Crippen LogP contribution in [-0.2, 0) is 7.05 Å². The Morgan fingerprint density at radius 3 is 2.71 bits per heavy atom. The minimum atomic E-state index is 0.338. The average Bonchev–Trinajstić information content (AvgIpc) is 2.52. The molecule has 4 heteroatoms. The lowest BCUT2D eigenvalue weighted by atomic mass is 9.98. The van der Waals surface area contributed by atoms with Crippen molar-refractivity contribution < 1.29 is 4.74 Å². The standard InChI is InChI=1S/C10H15ClN2O/c1-13-10(11)9(7-12-13)14-8-5-3-2-4-6-8/h7-8H,2-6H2,1H3. The van der Waals surface area contributed by atoms with Gasteiger partial charge in [-0.3, -0.25) is 4.68 Å². The third-order valence-electron chi connectivity index (χ3n) is 2.68. The molecular weight excluding hydrogens is 200 g/mol. The topological polar surface area (TPSA) is 27.1 Å². The molecule has 0 aromatic carbocycles. The van der Waals surface area contributed by atoms with Gasteiger partial charge in [0, 0.05) is 7.05 Å². The molecular formula is C10H15ClN2O. The summed E-state index contributed by atoms with van der Waals surface area (Å²) in [6.07, 6.45) is 8.18. The maximum absolute atomic E-state index is 6.00. The highest BCUT2D eigenvalue weighted by molar-refractivity contribution is 6.31. The fourth-order valence-corrected chi connectivity index (χ4v) is 1.98. The lowest BCUT2D eigenvalue weighted by Crippen LogP contribution is -2.19. The fourth-order valence-electron chi connectivity index (χ4n) is 1.84. The molecule has 2 rings (SSSR count). The number of ether oxygens (including phenoxy) is 1. The van der Waals surface area contributed by atoms with Crippen LogP contribution in [0.15, 0.2) is 6.20 Å². The van der Waals surface area contributed by atoms with Crippen LogP contribution in [0.4, 0.5) is 0 Å². The van der Waals surface area contributed by atoms with E-state index in [-0.39, 0.29) is 0 Å². The van der Waals surface area contributed by atoms with Crippen LogP contribution in [0.1, 0.15) is 32.1 Å². The number of hydrogen-bond acceptors (Lipinski definition) is 2. The highest BCUT2D eigenvalue weighted by atomic mass is 35.5. The van der Waals surface area contributed by atoms with Crippen molar-refractivity contribution in [2.45, 2.75) is 38.2 Å². The van der Waals surface area contributed by atoms with E-state index in [4.69, 9.17) is 16.3 Å². The molecule has 0 radical (unpaired) electrons. The summed E-state index contributed by atoms with van der Waals surface area (Å²) in [5.41, 5.74) is 0. The van der Waals surface area contributed by atoms with Crippen LogP contribution in [0, 0.1) is 0 Å². The molecule has 0 N–H and O–H groups in total. The third-order valence-corrected chi connectivity index (χ3v) is 3.11. The summed E-state index contributed by atoms with van der Waals surface area (Å²) in [4.78, 5) is 0. The minimum absolute atomic E-state index is 0.338. The maximum atomic E-state index is 6.00. The van der Waals surface area contributed by atoms with Crippen LogP contribution in [0.3, 0.4) is 0 Å². The molecule has 0 atom stereocenters. The van der Waals surface area contributed by atoms with E-state index in [0.29, 0.717) is 11.3 Å². The molecule has 0 unspecified atom stereocenters. The first-order valence-electron chi connectivity index (χ1n) is 5.11. The zero-order valence-electron chi connectivity index (χ0n) is 8.37. The third kappa shape index (κ3) is 2.03. The summed E-state index contributed by atoms with van der Waals surface area (Å²) in [5, 5.41) is 4.63. The van der Waals surface area contributed by atoms with Gasteiger partial charge in [0.25, 0.3) is 0 Å². The van der Waals surface area contributed by atoms with Crippen molar-refractivity contribution in [3.63, 3.8) is 0 Å². The molecule has 0 saturated heterocycles. The second-order valence-electron chi connectivity index (χ2n) is 3.80. The van der Waals surface area contributed by atoms with Crippen LogP contribution in [0.5, 0.6) is 5.75 Å². The van der Waals surface area contributed by atoms with E-state index in [1.807, 2.05) is 7.05 Å². The summed E-state index contributed by atoms with van der Waals surface area (Å²) in [6.45, 7) is 0.